The van der Waals surface area contributed by atoms with Crippen LogP contribution in [-0.4, -0.2) is 32.0 Å². The fraction of sp³-hybridized carbons (Fsp3) is 0.438. The molecule has 1 rings (SSSR count). The summed E-state index contributed by atoms with van der Waals surface area (Å²) in [6.45, 7) is 5.02. The Bertz CT molecular complexity index is 523. The Morgan fingerprint density at radius 2 is 2.00 bits per heavy atom. The molecular formula is C16H22FNO4. The van der Waals surface area contributed by atoms with Crippen LogP contribution in [0.3, 0.4) is 0 Å². The zero-order valence-electron chi connectivity index (χ0n) is 13.3. The van der Waals surface area contributed by atoms with Crippen molar-refractivity contribution in [3.05, 3.63) is 36.2 Å². The molecule has 0 heterocycles. The van der Waals surface area contributed by atoms with Crippen LogP contribution in [-0.2, 0) is 4.74 Å². The Kier molecular flexibility index (Phi) is 6.69. The van der Waals surface area contributed by atoms with Crippen molar-refractivity contribution in [1.82, 2.24) is 5.32 Å². The van der Waals surface area contributed by atoms with Crippen LogP contribution in [0.4, 0.5) is 9.18 Å². The molecule has 0 fully saturated rings. The minimum absolute atomic E-state index is 0.0506. The third-order valence-electron chi connectivity index (χ3n) is 2.40. The highest BCUT2D eigenvalue weighted by molar-refractivity contribution is 5.67. The quantitative estimate of drug-likeness (QED) is 0.874. The molecule has 0 aliphatic heterocycles. The Hall–Kier alpha value is -2.24. The lowest BCUT2D eigenvalue weighted by Gasteiger charge is -2.19. The highest BCUT2D eigenvalue weighted by Crippen LogP contribution is 2.18. The molecule has 122 valence electrons. The second kappa shape index (κ2) is 8.26. The zero-order chi connectivity index (χ0) is 16.6. The summed E-state index contributed by atoms with van der Waals surface area (Å²) in [4.78, 5) is 11.4. The van der Waals surface area contributed by atoms with Gasteiger partial charge in [-0.3, -0.25) is 0 Å². The van der Waals surface area contributed by atoms with Crippen LogP contribution in [0, 0.1) is 0 Å². The van der Waals surface area contributed by atoms with E-state index in [4.69, 9.17) is 14.2 Å². The van der Waals surface area contributed by atoms with Gasteiger partial charge in [0.1, 0.15) is 29.5 Å². The molecule has 1 N–H and O–H groups in total. The normalized spacial score (nSPS) is 11.8. The molecule has 1 amide bonds. The monoisotopic (exact) mass is 311 g/mol. The molecule has 6 heteroatoms. The molecule has 0 aliphatic rings. The van der Waals surface area contributed by atoms with E-state index in [-0.39, 0.29) is 13.2 Å². The topological polar surface area (TPSA) is 56.8 Å². The number of benzene rings is 1. The standard InChI is InChI=1S/C16H22FNO4/c1-16(2,3)22-15(19)18-11-12(17)8-9-21-14-7-5-6-13(10-14)20-4/h5-8,10H,9,11H2,1-4H3,(H,18,19)/b12-8+. The fourth-order valence-electron chi connectivity index (χ4n) is 1.46. The number of amides is 1. The predicted molar refractivity (Wildman–Crippen MR) is 81.9 cm³/mol. The van der Waals surface area contributed by atoms with E-state index in [1.165, 1.54) is 6.08 Å². The second-order valence-corrected chi connectivity index (χ2v) is 5.50. The van der Waals surface area contributed by atoms with Crippen LogP contribution < -0.4 is 14.8 Å². The van der Waals surface area contributed by atoms with Crippen molar-refractivity contribution in [2.75, 3.05) is 20.3 Å². The molecule has 0 aliphatic carbocycles. The van der Waals surface area contributed by atoms with Crippen LogP contribution >= 0.6 is 0 Å². The van der Waals surface area contributed by atoms with Crippen LogP contribution in [0.1, 0.15) is 20.8 Å². The Morgan fingerprint density at radius 1 is 1.32 bits per heavy atom. The van der Waals surface area contributed by atoms with Crippen molar-refractivity contribution in [2.45, 2.75) is 26.4 Å². The minimum Gasteiger partial charge on any atom is -0.497 e. The molecule has 0 spiro atoms. The molecule has 0 radical (unpaired) electrons. The van der Waals surface area contributed by atoms with E-state index in [0.29, 0.717) is 11.5 Å². The Balaban J connectivity index is 2.35. The smallest absolute Gasteiger partial charge is 0.408 e. The molecule has 0 bridgehead atoms. The molecule has 22 heavy (non-hydrogen) atoms. The zero-order valence-corrected chi connectivity index (χ0v) is 13.3. The lowest BCUT2D eigenvalue weighted by atomic mass is 10.2. The Labute approximate surface area is 130 Å². The SMILES string of the molecule is COc1cccc(OC/C=C(/F)CNC(=O)OC(C)(C)C)c1. The first-order valence-electron chi connectivity index (χ1n) is 6.88. The van der Waals surface area contributed by atoms with Crippen molar-refractivity contribution in [3.8, 4) is 11.5 Å². The Morgan fingerprint density at radius 3 is 2.64 bits per heavy atom. The molecule has 0 aromatic heterocycles. The van der Waals surface area contributed by atoms with Gasteiger partial charge in [0.15, 0.2) is 0 Å². The van der Waals surface area contributed by atoms with Crippen molar-refractivity contribution in [3.63, 3.8) is 0 Å². The van der Waals surface area contributed by atoms with Crippen LogP contribution in [0.2, 0.25) is 0 Å². The van der Waals surface area contributed by atoms with Crippen molar-refractivity contribution < 1.29 is 23.4 Å². The van der Waals surface area contributed by atoms with E-state index >= 15 is 0 Å². The highest BCUT2D eigenvalue weighted by atomic mass is 19.1. The predicted octanol–water partition coefficient (Wildman–Crippen LogP) is 3.45. The number of carbonyl (C=O) groups excluding carboxylic acids is 1. The van der Waals surface area contributed by atoms with Crippen LogP contribution in [0.25, 0.3) is 0 Å². The summed E-state index contributed by atoms with van der Waals surface area (Å²) in [6, 6.07) is 7.00. The number of methoxy groups -OCH3 is 1. The largest absolute Gasteiger partial charge is 0.497 e. The van der Waals surface area contributed by atoms with Gasteiger partial charge in [-0.05, 0) is 39.0 Å². The van der Waals surface area contributed by atoms with Crippen molar-refractivity contribution in [1.29, 1.82) is 0 Å². The van der Waals surface area contributed by atoms with E-state index in [2.05, 4.69) is 5.32 Å². The van der Waals surface area contributed by atoms with Crippen LogP contribution in [0.5, 0.6) is 11.5 Å². The first-order valence-corrected chi connectivity index (χ1v) is 6.88. The summed E-state index contributed by atoms with van der Waals surface area (Å²) < 4.78 is 29.0. The molecule has 0 atom stereocenters. The summed E-state index contributed by atoms with van der Waals surface area (Å²) >= 11 is 0. The number of alkyl carbamates (subject to hydrolysis) is 1. The number of nitrogens with one attached hydrogen (secondary N) is 1. The number of ether oxygens (including phenoxy) is 3. The second-order valence-electron chi connectivity index (χ2n) is 5.50. The van der Waals surface area contributed by atoms with E-state index in [1.807, 2.05) is 0 Å². The van der Waals surface area contributed by atoms with Gasteiger partial charge in [-0.1, -0.05) is 6.07 Å². The van der Waals surface area contributed by atoms with Gasteiger partial charge in [-0.15, -0.1) is 0 Å². The number of hydrogen-bond acceptors (Lipinski definition) is 4. The number of halogens is 1. The minimum atomic E-state index is -0.662. The van der Waals surface area contributed by atoms with E-state index < -0.39 is 17.5 Å². The maximum Gasteiger partial charge on any atom is 0.408 e. The van der Waals surface area contributed by atoms with Gasteiger partial charge in [0.25, 0.3) is 0 Å². The summed E-state index contributed by atoms with van der Waals surface area (Å²) in [5, 5.41) is 2.33. The van der Waals surface area contributed by atoms with Gasteiger partial charge in [0.2, 0.25) is 0 Å². The van der Waals surface area contributed by atoms with Crippen molar-refractivity contribution in [2.24, 2.45) is 0 Å². The third-order valence-corrected chi connectivity index (χ3v) is 2.40. The molecular weight excluding hydrogens is 289 g/mol. The van der Waals surface area contributed by atoms with Gasteiger partial charge in [0.05, 0.1) is 13.7 Å². The van der Waals surface area contributed by atoms with E-state index in [1.54, 1.807) is 52.1 Å². The van der Waals surface area contributed by atoms with Gasteiger partial charge < -0.3 is 19.5 Å². The molecule has 1 aromatic carbocycles. The van der Waals surface area contributed by atoms with E-state index in [0.717, 1.165) is 0 Å². The lowest BCUT2D eigenvalue weighted by Crippen LogP contribution is -2.33. The number of carbonyl (C=O) groups is 1. The summed E-state index contributed by atoms with van der Waals surface area (Å²) in [7, 11) is 1.56. The highest BCUT2D eigenvalue weighted by Gasteiger charge is 2.15. The lowest BCUT2D eigenvalue weighted by molar-refractivity contribution is 0.0529. The van der Waals surface area contributed by atoms with Gasteiger partial charge in [0, 0.05) is 6.07 Å². The molecule has 5 nitrogen and oxygen atoms in total. The average molecular weight is 311 g/mol. The summed E-state index contributed by atoms with van der Waals surface area (Å²) in [5.41, 5.74) is -0.611. The van der Waals surface area contributed by atoms with Gasteiger partial charge in [-0.25, -0.2) is 9.18 Å². The number of rotatable bonds is 6. The molecule has 0 unspecified atom stereocenters. The van der Waals surface area contributed by atoms with E-state index in [9.17, 15) is 9.18 Å². The third kappa shape index (κ3) is 7.52. The molecule has 0 saturated heterocycles. The van der Waals surface area contributed by atoms with Gasteiger partial charge >= 0.3 is 6.09 Å². The maximum atomic E-state index is 13.5. The summed E-state index contributed by atoms with van der Waals surface area (Å²) in [6.07, 6.45) is 0.585. The molecule has 0 saturated carbocycles. The average Bonchev–Trinajstić information content (AvgIpc) is 2.43. The molecule has 1 aromatic rings. The van der Waals surface area contributed by atoms with Crippen molar-refractivity contribution >= 4 is 6.09 Å². The van der Waals surface area contributed by atoms with Gasteiger partial charge in [-0.2, -0.15) is 0 Å². The fourth-order valence-corrected chi connectivity index (χ4v) is 1.46. The number of hydrogen-bond donors (Lipinski definition) is 1. The van der Waals surface area contributed by atoms with Crippen LogP contribution in [0.15, 0.2) is 36.2 Å². The first kappa shape index (κ1) is 17.8. The summed E-state index contributed by atoms with van der Waals surface area (Å²) in [5.74, 6) is 0.728. The first-order chi connectivity index (χ1) is 10.3. The maximum absolute atomic E-state index is 13.5.